The van der Waals surface area contributed by atoms with Crippen LogP contribution in [0.25, 0.3) is 0 Å². The Morgan fingerprint density at radius 1 is 1.48 bits per heavy atom. The van der Waals surface area contributed by atoms with Gasteiger partial charge in [0.15, 0.2) is 6.61 Å². The van der Waals surface area contributed by atoms with Gasteiger partial charge >= 0.3 is 0 Å². The summed E-state index contributed by atoms with van der Waals surface area (Å²) in [4.78, 5) is 25.6. The number of benzene rings is 1. The monoisotopic (exact) mass is 290 g/mol. The Morgan fingerprint density at radius 3 is 3.14 bits per heavy atom. The number of likely N-dealkylation sites (tertiary alicyclic amines) is 1. The zero-order valence-electron chi connectivity index (χ0n) is 11.7. The number of fused-ring (bicyclic) bond motifs is 1. The van der Waals surface area contributed by atoms with Gasteiger partial charge in [0, 0.05) is 25.3 Å². The van der Waals surface area contributed by atoms with Crippen LogP contribution < -0.4 is 10.1 Å². The van der Waals surface area contributed by atoms with Crippen molar-refractivity contribution in [1.29, 1.82) is 0 Å². The molecular weight excluding hydrogens is 272 g/mol. The summed E-state index contributed by atoms with van der Waals surface area (Å²) in [7, 11) is 0. The summed E-state index contributed by atoms with van der Waals surface area (Å²) in [6.45, 7) is 1.40. The van der Waals surface area contributed by atoms with Gasteiger partial charge in [0.1, 0.15) is 5.75 Å². The van der Waals surface area contributed by atoms with Gasteiger partial charge in [-0.2, -0.15) is 0 Å². The van der Waals surface area contributed by atoms with E-state index in [0.717, 1.165) is 12.8 Å². The molecule has 6 heteroatoms. The van der Waals surface area contributed by atoms with Crippen molar-refractivity contribution in [3.63, 3.8) is 0 Å². The molecule has 0 aliphatic carbocycles. The molecular formula is C15H18N2O4. The van der Waals surface area contributed by atoms with Gasteiger partial charge in [0.05, 0.1) is 5.69 Å². The third kappa shape index (κ3) is 2.85. The fourth-order valence-electron chi connectivity index (χ4n) is 2.80. The van der Waals surface area contributed by atoms with E-state index in [0.29, 0.717) is 30.1 Å². The predicted octanol–water partition coefficient (Wildman–Crippen LogP) is 0.862. The summed E-state index contributed by atoms with van der Waals surface area (Å²) in [5.74, 6) is 0.447. The highest BCUT2D eigenvalue weighted by molar-refractivity contribution is 5.99. The smallest absolute Gasteiger partial charge is 0.262 e. The first-order valence-corrected chi connectivity index (χ1v) is 7.14. The number of nitrogens with zero attached hydrogens (tertiary/aromatic N) is 1. The maximum Gasteiger partial charge on any atom is 0.262 e. The van der Waals surface area contributed by atoms with Gasteiger partial charge < -0.3 is 20.1 Å². The summed E-state index contributed by atoms with van der Waals surface area (Å²) >= 11 is 0. The highest BCUT2D eigenvalue weighted by atomic mass is 16.5. The number of carbonyl (C=O) groups is 2. The number of piperidine rings is 1. The quantitative estimate of drug-likeness (QED) is 0.847. The Balaban J connectivity index is 1.78. The number of carbonyl (C=O) groups excluding carboxylic acids is 2. The molecule has 1 saturated heterocycles. The summed E-state index contributed by atoms with van der Waals surface area (Å²) in [5, 5.41) is 11.9. The summed E-state index contributed by atoms with van der Waals surface area (Å²) in [5.41, 5.74) is 1.06. The molecule has 1 aromatic carbocycles. The van der Waals surface area contributed by atoms with Crippen LogP contribution in [-0.4, -0.2) is 48.1 Å². The maximum absolute atomic E-state index is 12.5. The molecule has 0 radical (unpaired) electrons. The Bertz CT molecular complexity index is 573. The number of nitrogens with one attached hydrogen (secondary N) is 1. The highest BCUT2D eigenvalue weighted by Gasteiger charge is 2.25. The Labute approximate surface area is 122 Å². The number of ether oxygens (including phenoxy) is 1. The zero-order chi connectivity index (χ0) is 14.8. The van der Waals surface area contributed by atoms with Crippen LogP contribution in [0.3, 0.4) is 0 Å². The first kappa shape index (κ1) is 13.9. The third-order valence-electron chi connectivity index (χ3n) is 3.92. The standard InChI is InChI=1S/C15H18N2O4/c18-8-10-2-1-5-17(7-10)15(20)11-3-4-13-12(6-11)16-14(19)9-21-13/h3-4,6,10,18H,1-2,5,7-9H2,(H,16,19). The molecule has 1 atom stereocenters. The minimum absolute atomic E-state index is 0.00456. The molecule has 0 saturated carbocycles. The van der Waals surface area contributed by atoms with Crippen molar-refractivity contribution in [2.24, 2.45) is 5.92 Å². The summed E-state index contributed by atoms with van der Waals surface area (Å²) in [6.07, 6.45) is 1.86. The number of hydrogen-bond acceptors (Lipinski definition) is 4. The number of aliphatic hydroxyl groups is 1. The van der Waals surface area contributed by atoms with Crippen molar-refractivity contribution >= 4 is 17.5 Å². The molecule has 6 nitrogen and oxygen atoms in total. The Hall–Kier alpha value is -2.08. The van der Waals surface area contributed by atoms with Gasteiger partial charge in [-0.1, -0.05) is 0 Å². The number of anilines is 1. The third-order valence-corrected chi connectivity index (χ3v) is 3.92. The SMILES string of the molecule is O=C1COc2ccc(C(=O)N3CCCC(CO)C3)cc2N1. The average Bonchev–Trinajstić information content (AvgIpc) is 2.53. The van der Waals surface area contributed by atoms with Crippen molar-refractivity contribution in [2.75, 3.05) is 31.6 Å². The minimum atomic E-state index is -0.217. The lowest BCUT2D eigenvalue weighted by molar-refractivity contribution is -0.118. The molecule has 2 aliphatic heterocycles. The molecule has 2 heterocycles. The number of amides is 2. The minimum Gasteiger partial charge on any atom is -0.482 e. The van der Waals surface area contributed by atoms with E-state index in [1.54, 1.807) is 23.1 Å². The van der Waals surface area contributed by atoms with Crippen LogP contribution in [-0.2, 0) is 4.79 Å². The lowest BCUT2D eigenvalue weighted by Crippen LogP contribution is -2.41. The second kappa shape index (κ2) is 5.73. The first-order chi connectivity index (χ1) is 10.2. The van der Waals surface area contributed by atoms with E-state index in [4.69, 9.17) is 4.74 Å². The largest absolute Gasteiger partial charge is 0.482 e. The Kier molecular flexibility index (Phi) is 3.79. The first-order valence-electron chi connectivity index (χ1n) is 7.14. The van der Waals surface area contributed by atoms with Crippen LogP contribution >= 0.6 is 0 Å². The second-order valence-electron chi connectivity index (χ2n) is 5.49. The zero-order valence-corrected chi connectivity index (χ0v) is 11.7. The molecule has 112 valence electrons. The van der Waals surface area contributed by atoms with Crippen LogP contribution in [0.5, 0.6) is 5.75 Å². The second-order valence-corrected chi connectivity index (χ2v) is 5.49. The van der Waals surface area contributed by atoms with Crippen molar-refractivity contribution in [3.8, 4) is 5.75 Å². The van der Waals surface area contributed by atoms with Gasteiger partial charge in [-0.3, -0.25) is 9.59 Å². The predicted molar refractivity (Wildman–Crippen MR) is 76.3 cm³/mol. The van der Waals surface area contributed by atoms with Gasteiger partial charge in [-0.15, -0.1) is 0 Å². The molecule has 3 rings (SSSR count). The van der Waals surface area contributed by atoms with Crippen LogP contribution in [0.4, 0.5) is 5.69 Å². The summed E-state index contributed by atoms with van der Waals surface area (Å²) in [6, 6.07) is 5.06. The van der Waals surface area contributed by atoms with Crippen molar-refractivity contribution < 1.29 is 19.4 Å². The maximum atomic E-state index is 12.5. The average molecular weight is 290 g/mol. The highest BCUT2D eigenvalue weighted by Crippen LogP contribution is 2.29. The van der Waals surface area contributed by atoms with Gasteiger partial charge in [-0.05, 0) is 37.0 Å². The van der Waals surface area contributed by atoms with E-state index in [-0.39, 0.29) is 30.9 Å². The van der Waals surface area contributed by atoms with Crippen LogP contribution in [0.2, 0.25) is 0 Å². The van der Waals surface area contributed by atoms with Crippen molar-refractivity contribution in [2.45, 2.75) is 12.8 Å². The topological polar surface area (TPSA) is 78.9 Å². The van der Waals surface area contributed by atoms with Crippen LogP contribution in [0.1, 0.15) is 23.2 Å². The van der Waals surface area contributed by atoms with E-state index >= 15 is 0 Å². The molecule has 1 fully saturated rings. The fraction of sp³-hybridized carbons (Fsp3) is 0.467. The molecule has 21 heavy (non-hydrogen) atoms. The molecule has 2 amide bonds. The normalized spacial score (nSPS) is 21.3. The Morgan fingerprint density at radius 2 is 2.33 bits per heavy atom. The molecule has 1 aromatic rings. The van der Waals surface area contributed by atoms with Gasteiger partial charge in [-0.25, -0.2) is 0 Å². The molecule has 0 spiro atoms. The number of hydrogen-bond donors (Lipinski definition) is 2. The van der Waals surface area contributed by atoms with E-state index in [9.17, 15) is 14.7 Å². The number of aliphatic hydroxyl groups excluding tert-OH is 1. The lowest BCUT2D eigenvalue weighted by Gasteiger charge is -2.32. The summed E-state index contributed by atoms with van der Waals surface area (Å²) < 4.78 is 5.28. The van der Waals surface area contributed by atoms with Gasteiger partial charge in [0.25, 0.3) is 11.8 Å². The molecule has 0 aromatic heterocycles. The van der Waals surface area contributed by atoms with Crippen LogP contribution in [0, 0.1) is 5.92 Å². The van der Waals surface area contributed by atoms with E-state index in [2.05, 4.69) is 5.32 Å². The van der Waals surface area contributed by atoms with E-state index in [1.165, 1.54) is 0 Å². The lowest BCUT2D eigenvalue weighted by atomic mass is 9.98. The van der Waals surface area contributed by atoms with Crippen LogP contribution in [0.15, 0.2) is 18.2 Å². The van der Waals surface area contributed by atoms with E-state index < -0.39 is 0 Å². The van der Waals surface area contributed by atoms with Gasteiger partial charge in [0.2, 0.25) is 0 Å². The molecule has 0 bridgehead atoms. The fourth-order valence-corrected chi connectivity index (χ4v) is 2.80. The van der Waals surface area contributed by atoms with Crippen molar-refractivity contribution in [1.82, 2.24) is 4.90 Å². The molecule has 1 unspecified atom stereocenters. The number of rotatable bonds is 2. The van der Waals surface area contributed by atoms with E-state index in [1.807, 2.05) is 0 Å². The van der Waals surface area contributed by atoms with Crippen molar-refractivity contribution in [3.05, 3.63) is 23.8 Å². The molecule has 2 aliphatic rings. The molecule has 2 N–H and O–H groups in total.